The molecule has 0 bridgehead atoms. The largest absolute Gasteiger partial charge is 0.480 e. The highest BCUT2D eigenvalue weighted by atomic mass is 16.4. The minimum atomic E-state index is -0.809. The van der Waals surface area contributed by atoms with Crippen LogP contribution < -0.4 is 5.32 Å². The van der Waals surface area contributed by atoms with E-state index in [4.69, 9.17) is 0 Å². The zero-order valence-electron chi connectivity index (χ0n) is 11.7. The summed E-state index contributed by atoms with van der Waals surface area (Å²) in [5.41, 5.74) is 2.75. The van der Waals surface area contributed by atoms with Gasteiger partial charge in [0.2, 0.25) is 0 Å². The number of carboxylic acids is 1. The first kappa shape index (κ1) is 14.7. The molecule has 1 aromatic carbocycles. The van der Waals surface area contributed by atoms with Gasteiger partial charge in [-0.25, -0.2) is 0 Å². The number of hydrogen-bond acceptors (Lipinski definition) is 2. The second-order valence-electron chi connectivity index (χ2n) is 4.88. The summed E-state index contributed by atoms with van der Waals surface area (Å²) in [4.78, 5) is 11.4. The molecule has 2 N–H and O–H groups in total. The lowest BCUT2D eigenvalue weighted by molar-refractivity contribution is -0.145. The number of carboxylic acid groups (broad SMARTS) is 1. The lowest BCUT2D eigenvalue weighted by Crippen LogP contribution is -2.50. The summed E-state index contributed by atoms with van der Waals surface area (Å²) in [6, 6.07) is 6.26. The Bertz CT molecular complexity index is 423. The van der Waals surface area contributed by atoms with Crippen LogP contribution in [0.1, 0.15) is 43.4 Å². The van der Waals surface area contributed by atoms with Crippen LogP contribution in [-0.2, 0) is 11.3 Å². The standard InChI is InChI=1S/C15H23NO2/c1-5-15(6-2,14(17)18)16-10-13-9-11(3)7-8-12(13)4/h7-9,16H,5-6,10H2,1-4H3,(H,17,18). The molecule has 18 heavy (non-hydrogen) atoms. The predicted molar refractivity (Wildman–Crippen MR) is 73.7 cm³/mol. The van der Waals surface area contributed by atoms with E-state index < -0.39 is 11.5 Å². The van der Waals surface area contributed by atoms with Crippen molar-refractivity contribution in [2.45, 2.75) is 52.6 Å². The van der Waals surface area contributed by atoms with Gasteiger partial charge in [-0.15, -0.1) is 0 Å². The molecule has 1 rings (SSSR count). The molecular formula is C15H23NO2. The minimum absolute atomic E-state index is 0.587. The van der Waals surface area contributed by atoms with Gasteiger partial charge >= 0.3 is 5.97 Å². The second kappa shape index (κ2) is 6.01. The SMILES string of the molecule is CCC(CC)(NCc1cc(C)ccc1C)C(=O)O. The van der Waals surface area contributed by atoms with Crippen molar-refractivity contribution >= 4 is 5.97 Å². The molecule has 0 amide bonds. The molecule has 0 aliphatic heterocycles. The summed E-state index contributed by atoms with van der Waals surface area (Å²) in [5.74, 6) is -0.766. The Hall–Kier alpha value is -1.35. The van der Waals surface area contributed by atoms with Crippen LogP contribution >= 0.6 is 0 Å². The monoisotopic (exact) mass is 249 g/mol. The zero-order chi connectivity index (χ0) is 13.8. The van der Waals surface area contributed by atoms with Crippen molar-refractivity contribution < 1.29 is 9.90 Å². The molecule has 0 saturated heterocycles. The maximum atomic E-state index is 11.4. The molecule has 3 nitrogen and oxygen atoms in total. The van der Waals surface area contributed by atoms with Crippen LogP contribution in [0.5, 0.6) is 0 Å². The zero-order valence-corrected chi connectivity index (χ0v) is 11.7. The van der Waals surface area contributed by atoms with Crippen molar-refractivity contribution in [2.24, 2.45) is 0 Å². The van der Waals surface area contributed by atoms with Crippen LogP contribution in [0.15, 0.2) is 18.2 Å². The molecule has 0 aromatic heterocycles. The van der Waals surface area contributed by atoms with Gasteiger partial charge in [-0.1, -0.05) is 37.6 Å². The Balaban J connectivity index is 2.85. The molecule has 0 saturated carbocycles. The number of hydrogen-bond donors (Lipinski definition) is 2. The van der Waals surface area contributed by atoms with Gasteiger partial charge in [-0.3, -0.25) is 10.1 Å². The molecule has 0 aliphatic carbocycles. The highest BCUT2D eigenvalue weighted by molar-refractivity contribution is 5.78. The van der Waals surface area contributed by atoms with Crippen molar-refractivity contribution in [2.75, 3.05) is 0 Å². The van der Waals surface area contributed by atoms with Gasteiger partial charge in [-0.05, 0) is 37.8 Å². The van der Waals surface area contributed by atoms with Crippen molar-refractivity contribution in [3.8, 4) is 0 Å². The van der Waals surface area contributed by atoms with E-state index in [0.717, 1.165) is 0 Å². The third-order valence-corrected chi connectivity index (χ3v) is 3.74. The van der Waals surface area contributed by atoms with E-state index >= 15 is 0 Å². The Morgan fingerprint density at radius 3 is 2.39 bits per heavy atom. The normalized spacial score (nSPS) is 11.6. The molecule has 0 aliphatic rings. The summed E-state index contributed by atoms with van der Waals surface area (Å²) in [6.07, 6.45) is 1.17. The summed E-state index contributed by atoms with van der Waals surface area (Å²) in [5, 5.41) is 12.6. The first-order chi connectivity index (χ1) is 8.45. The van der Waals surface area contributed by atoms with Gasteiger partial charge in [0.15, 0.2) is 0 Å². The highest BCUT2D eigenvalue weighted by Gasteiger charge is 2.33. The fourth-order valence-electron chi connectivity index (χ4n) is 2.13. The average Bonchev–Trinajstić information content (AvgIpc) is 2.35. The second-order valence-corrected chi connectivity index (χ2v) is 4.88. The van der Waals surface area contributed by atoms with Crippen molar-refractivity contribution in [3.05, 3.63) is 34.9 Å². The first-order valence-corrected chi connectivity index (χ1v) is 6.49. The fraction of sp³-hybridized carbons (Fsp3) is 0.533. The molecule has 0 fully saturated rings. The average molecular weight is 249 g/mol. The molecule has 0 spiro atoms. The predicted octanol–water partition coefficient (Wildman–Crippen LogP) is 3.04. The van der Waals surface area contributed by atoms with E-state index in [2.05, 4.69) is 30.4 Å². The van der Waals surface area contributed by atoms with Crippen molar-refractivity contribution in [3.63, 3.8) is 0 Å². The first-order valence-electron chi connectivity index (χ1n) is 6.49. The molecule has 3 heteroatoms. The van der Waals surface area contributed by atoms with Gasteiger partial charge < -0.3 is 5.11 Å². The minimum Gasteiger partial charge on any atom is -0.480 e. The van der Waals surface area contributed by atoms with Crippen molar-refractivity contribution in [1.82, 2.24) is 5.32 Å². The molecule has 1 aromatic rings. The van der Waals surface area contributed by atoms with Crippen LogP contribution in [0.4, 0.5) is 0 Å². The van der Waals surface area contributed by atoms with E-state index in [9.17, 15) is 9.90 Å². The van der Waals surface area contributed by atoms with Crippen LogP contribution in [0.25, 0.3) is 0 Å². The number of benzene rings is 1. The van der Waals surface area contributed by atoms with E-state index in [0.29, 0.717) is 19.4 Å². The molecule has 0 radical (unpaired) electrons. The number of aliphatic carboxylic acids is 1. The van der Waals surface area contributed by atoms with Gasteiger partial charge in [0.05, 0.1) is 0 Å². The lowest BCUT2D eigenvalue weighted by Gasteiger charge is -2.28. The maximum absolute atomic E-state index is 11.4. The van der Waals surface area contributed by atoms with Gasteiger partial charge in [0, 0.05) is 6.54 Å². The number of aryl methyl sites for hydroxylation is 2. The summed E-state index contributed by atoms with van der Waals surface area (Å²) in [7, 11) is 0. The van der Waals surface area contributed by atoms with Crippen molar-refractivity contribution in [1.29, 1.82) is 0 Å². The maximum Gasteiger partial charge on any atom is 0.323 e. The Labute approximate surface area is 109 Å². The van der Waals surface area contributed by atoms with Crippen LogP contribution in [0.2, 0.25) is 0 Å². The van der Waals surface area contributed by atoms with E-state index in [1.807, 2.05) is 20.8 Å². The Kier molecular flexibility index (Phi) is 4.91. The smallest absolute Gasteiger partial charge is 0.323 e. The number of carbonyl (C=O) groups is 1. The van der Waals surface area contributed by atoms with E-state index in [1.165, 1.54) is 16.7 Å². The summed E-state index contributed by atoms with van der Waals surface area (Å²) < 4.78 is 0. The quantitative estimate of drug-likeness (QED) is 0.814. The fourth-order valence-corrected chi connectivity index (χ4v) is 2.13. The lowest BCUT2D eigenvalue weighted by atomic mass is 9.92. The molecule has 0 unspecified atom stereocenters. The third-order valence-electron chi connectivity index (χ3n) is 3.74. The van der Waals surface area contributed by atoms with E-state index in [1.54, 1.807) is 0 Å². The Morgan fingerprint density at radius 2 is 1.89 bits per heavy atom. The molecular weight excluding hydrogens is 226 g/mol. The molecule has 0 heterocycles. The molecule has 0 atom stereocenters. The van der Waals surface area contributed by atoms with Gasteiger partial charge in [-0.2, -0.15) is 0 Å². The van der Waals surface area contributed by atoms with Gasteiger partial charge in [0.25, 0.3) is 0 Å². The van der Waals surface area contributed by atoms with Crippen LogP contribution in [0, 0.1) is 13.8 Å². The topological polar surface area (TPSA) is 49.3 Å². The number of rotatable bonds is 6. The van der Waals surface area contributed by atoms with Crippen LogP contribution in [0.3, 0.4) is 0 Å². The highest BCUT2D eigenvalue weighted by Crippen LogP contribution is 2.18. The number of nitrogens with one attached hydrogen (secondary N) is 1. The molecule has 100 valence electrons. The third kappa shape index (κ3) is 3.10. The summed E-state index contributed by atoms with van der Waals surface area (Å²) in [6.45, 7) is 8.52. The Morgan fingerprint density at radius 1 is 1.28 bits per heavy atom. The van der Waals surface area contributed by atoms with Gasteiger partial charge in [0.1, 0.15) is 5.54 Å². The summed E-state index contributed by atoms with van der Waals surface area (Å²) >= 11 is 0. The van der Waals surface area contributed by atoms with E-state index in [-0.39, 0.29) is 0 Å². The van der Waals surface area contributed by atoms with Crippen LogP contribution in [-0.4, -0.2) is 16.6 Å².